The zero-order valence-corrected chi connectivity index (χ0v) is 17.2. The van der Waals surface area contributed by atoms with E-state index in [-0.39, 0.29) is 11.9 Å². The molecule has 4 rings (SSSR count). The molecule has 0 aliphatic carbocycles. The molecule has 1 aliphatic rings. The minimum Gasteiger partial charge on any atom is -0.493 e. The summed E-state index contributed by atoms with van der Waals surface area (Å²) in [5.41, 5.74) is 2.99. The van der Waals surface area contributed by atoms with Gasteiger partial charge in [-0.3, -0.25) is 4.79 Å². The maximum absolute atomic E-state index is 12.2. The van der Waals surface area contributed by atoms with Gasteiger partial charge in [0.05, 0.1) is 23.7 Å². The fraction of sp³-hybridized carbons (Fsp3) is 0.217. The molecule has 6 heteroatoms. The molecule has 0 radical (unpaired) electrons. The van der Waals surface area contributed by atoms with Crippen LogP contribution in [-0.2, 0) is 11.4 Å². The molecule has 3 aromatic rings. The molecule has 0 bridgehead atoms. The summed E-state index contributed by atoms with van der Waals surface area (Å²) in [4.78, 5) is 13.3. The Hall–Kier alpha value is -3.12. The van der Waals surface area contributed by atoms with Crippen LogP contribution < -0.4 is 9.47 Å². The second kappa shape index (κ2) is 8.49. The van der Waals surface area contributed by atoms with Crippen LogP contribution in [0.1, 0.15) is 35.4 Å². The average molecular weight is 407 g/mol. The smallest absolute Gasteiger partial charge is 0.240 e. The van der Waals surface area contributed by atoms with Crippen molar-refractivity contribution in [1.82, 2.24) is 5.01 Å². The summed E-state index contributed by atoms with van der Waals surface area (Å²) in [7, 11) is 1.62. The number of hydrazone groups is 1. The first-order valence-electron chi connectivity index (χ1n) is 9.41. The summed E-state index contributed by atoms with van der Waals surface area (Å²) in [6.45, 7) is 2.01. The van der Waals surface area contributed by atoms with Gasteiger partial charge in [0.15, 0.2) is 11.5 Å². The lowest BCUT2D eigenvalue weighted by atomic mass is 10.0. The number of hydrogen-bond donors (Lipinski definition) is 0. The van der Waals surface area contributed by atoms with Crippen LogP contribution in [0.2, 0.25) is 0 Å². The highest BCUT2D eigenvalue weighted by atomic mass is 32.1. The number of methoxy groups -OCH3 is 1. The van der Waals surface area contributed by atoms with Gasteiger partial charge in [-0.1, -0.05) is 42.5 Å². The molecular weight excluding hydrogens is 384 g/mol. The van der Waals surface area contributed by atoms with E-state index in [1.807, 2.05) is 66.0 Å². The molecule has 1 amide bonds. The largest absolute Gasteiger partial charge is 0.493 e. The zero-order valence-electron chi connectivity index (χ0n) is 16.4. The average Bonchev–Trinajstić information content (AvgIpc) is 3.42. The van der Waals surface area contributed by atoms with Gasteiger partial charge in [0, 0.05) is 13.3 Å². The molecule has 5 nitrogen and oxygen atoms in total. The van der Waals surface area contributed by atoms with Crippen molar-refractivity contribution in [2.24, 2.45) is 5.10 Å². The highest BCUT2D eigenvalue weighted by molar-refractivity contribution is 7.12. The predicted molar refractivity (Wildman–Crippen MR) is 115 cm³/mol. The highest BCUT2D eigenvalue weighted by Gasteiger charge is 2.32. The fourth-order valence-corrected chi connectivity index (χ4v) is 4.12. The molecule has 0 spiro atoms. The summed E-state index contributed by atoms with van der Waals surface area (Å²) >= 11 is 1.63. The summed E-state index contributed by atoms with van der Waals surface area (Å²) < 4.78 is 11.5. The standard InChI is InChI=1S/C23H22N2O3S/c1-16(26)25-20(14-19(24-25)23-9-6-12-29-23)18-10-11-21(22(13-18)27-2)28-15-17-7-4-3-5-8-17/h3-13,20H,14-15H2,1-2H3/t20-/m0/s1. The first kappa shape index (κ1) is 19.2. The van der Waals surface area contributed by atoms with E-state index in [0.717, 1.165) is 21.7 Å². The monoisotopic (exact) mass is 406 g/mol. The number of thiophene rings is 1. The van der Waals surface area contributed by atoms with E-state index < -0.39 is 0 Å². The molecule has 1 atom stereocenters. The summed E-state index contributed by atoms with van der Waals surface area (Å²) in [6.07, 6.45) is 0.674. The normalized spacial score (nSPS) is 15.9. The number of rotatable bonds is 6. The van der Waals surface area contributed by atoms with Crippen molar-refractivity contribution in [2.45, 2.75) is 26.0 Å². The van der Waals surface area contributed by atoms with Gasteiger partial charge in [0.25, 0.3) is 0 Å². The summed E-state index contributed by atoms with van der Waals surface area (Å²) in [6, 6.07) is 19.7. The Labute approximate surface area is 174 Å². The lowest BCUT2D eigenvalue weighted by Gasteiger charge is -2.21. The molecular formula is C23H22N2O3S. The van der Waals surface area contributed by atoms with E-state index in [2.05, 4.69) is 5.10 Å². The maximum Gasteiger partial charge on any atom is 0.240 e. The minimum atomic E-state index is -0.151. The Morgan fingerprint density at radius 2 is 1.97 bits per heavy atom. The van der Waals surface area contributed by atoms with Crippen molar-refractivity contribution in [1.29, 1.82) is 0 Å². The first-order valence-corrected chi connectivity index (χ1v) is 10.3. The van der Waals surface area contributed by atoms with E-state index in [1.165, 1.54) is 0 Å². The predicted octanol–water partition coefficient (Wildman–Crippen LogP) is 5.03. The molecule has 0 unspecified atom stereocenters. The van der Waals surface area contributed by atoms with E-state index >= 15 is 0 Å². The quantitative estimate of drug-likeness (QED) is 0.577. The van der Waals surface area contributed by atoms with Crippen LogP contribution in [0.5, 0.6) is 11.5 Å². The van der Waals surface area contributed by atoms with Crippen molar-refractivity contribution >= 4 is 23.0 Å². The van der Waals surface area contributed by atoms with Crippen LogP contribution in [0.25, 0.3) is 0 Å². The second-order valence-electron chi connectivity index (χ2n) is 6.79. The van der Waals surface area contributed by atoms with Gasteiger partial charge in [0.2, 0.25) is 5.91 Å². The third kappa shape index (κ3) is 4.17. The van der Waals surface area contributed by atoms with Gasteiger partial charge in [-0.15, -0.1) is 11.3 Å². The van der Waals surface area contributed by atoms with Crippen LogP contribution in [-0.4, -0.2) is 23.7 Å². The van der Waals surface area contributed by atoms with Gasteiger partial charge in [-0.05, 0) is 34.7 Å². The number of carbonyl (C=O) groups excluding carboxylic acids is 1. The number of carbonyl (C=O) groups is 1. The Morgan fingerprint density at radius 3 is 2.66 bits per heavy atom. The molecule has 1 aliphatic heterocycles. The number of ether oxygens (including phenoxy) is 2. The Balaban J connectivity index is 1.56. The van der Waals surface area contributed by atoms with Crippen LogP contribution in [0.15, 0.2) is 71.1 Å². The maximum atomic E-state index is 12.2. The number of amides is 1. The topological polar surface area (TPSA) is 51.1 Å². The third-order valence-electron chi connectivity index (χ3n) is 4.85. The second-order valence-corrected chi connectivity index (χ2v) is 7.74. The molecule has 1 aromatic heterocycles. The van der Waals surface area contributed by atoms with Gasteiger partial charge in [-0.2, -0.15) is 5.10 Å². The SMILES string of the molecule is COc1cc([C@@H]2CC(c3cccs3)=NN2C(C)=O)ccc1OCc1ccccc1. The molecule has 2 heterocycles. The van der Waals surface area contributed by atoms with Gasteiger partial charge >= 0.3 is 0 Å². The van der Waals surface area contributed by atoms with Crippen molar-refractivity contribution in [2.75, 3.05) is 7.11 Å². The molecule has 148 valence electrons. The van der Waals surface area contributed by atoms with Crippen molar-refractivity contribution in [3.63, 3.8) is 0 Å². The fourth-order valence-electron chi connectivity index (χ4n) is 3.40. The Kier molecular flexibility index (Phi) is 5.62. The summed E-state index contributed by atoms with van der Waals surface area (Å²) in [5, 5.41) is 8.16. The Morgan fingerprint density at radius 1 is 1.14 bits per heavy atom. The molecule has 0 saturated carbocycles. The van der Waals surface area contributed by atoms with E-state index in [4.69, 9.17) is 9.47 Å². The van der Waals surface area contributed by atoms with Crippen LogP contribution in [0.3, 0.4) is 0 Å². The zero-order chi connectivity index (χ0) is 20.2. The lowest BCUT2D eigenvalue weighted by Crippen LogP contribution is -2.24. The first-order chi connectivity index (χ1) is 14.2. The molecule has 29 heavy (non-hydrogen) atoms. The number of nitrogens with zero attached hydrogens (tertiary/aromatic N) is 2. The molecule has 2 aromatic carbocycles. The Bertz CT molecular complexity index is 1020. The molecule has 0 N–H and O–H groups in total. The molecule has 0 fully saturated rings. The molecule has 0 saturated heterocycles. The van der Waals surface area contributed by atoms with E-state index in [9.17, 15) is 4.79 Å². The van der Waals surface area contributed by atoms with Crippen LogP contribution in [0.4, 0.5) is 0 Å². The third-order valence-corrected chi connectivity index (χ3v) is 5.77. The lowest BCUT2D eigenvalue weighted by molar-refractivity contribution is -0.130. The van der Waals surface area contributed by atoms with Crippen LogP contribution in [0, 0.1) is 0 Å². The van der Waals surface area contributed by atoms with E-state index in [0.29, 0.717) is 24.5 Å². The summed E-state index contributed by atoms with van der Waals surface area (Å²) in [5.74, 6) is 1.24. The van der Waals surface area contributed by atoms with Gasteiger partial charge in [-0.25, -0.2) is 5.01 Å². The number of hydrogen-bond acceptors (Lipinski definition) is 5. The van der Waals surface area contributed by atoms with E-state index in [1.54, 1.807) is 30.4 Å². The van der Waals surface area contributed by atoms with Gasteiger partial charge < -0.3 is 9.47 Å². The minimum absolute atomic E-state index is 0.0788. The van der Waals surface area contributed by atoms with Gasteiger partial charge in [0.1, 0.15) is 6.61 Å². The van der Waals surface area contributed by atoms with Crippen molar-refractivity contribution in [3.8, 4) is 11.5 Å². The number of benzene rings is 2. The van der Waals surface area contributed by atoms with Crippen LogP contribution >= 0.6 is 11.3 Å². The van der Waals surface area contributed by atoms with Crippen molar-refractivity contribution < 1.29 is 14.3 Å². The van der Waals surface area contributed by atoms with Crippen molar-refractivity contribution in [3.05, 3.63) is 82.0 Å². The highest BCUT2D eigenvalue weighted by Crippen LogP contribution is 2.38.